The fourth-order valence-corrected chi connectivity index (χ4v) is 3.47. The van der Waals surface area contributed by atoms with Crippen molar-refractivity contribution in [2.24, 2.45) is 0 Å². The van der Waals surface area contributed by atoms with Crippen LogP contribution in [0, 0.1) is 13.8 Å². The Balaban J connectivity index is 1.80. The van der Waals surface area contributed by atoms with Crippen molar-refractivity contribution in [3.63, 3.8) is 0 Å². The Morgan fingerprint density at radius 3 is 2.67 bits per heavy atom. The zero-order chi connectivity index (χ0) is 19.0. The monoisotopic (exact) mass is 358 g/mol. The smallest absolute Gasteiger partial charge is 0.414 e. The van der Waals surface area contributed by atoms with Gasteiger partial charge in [0.1, 0.15) is 0 Å². The molecule has 1 aromatic heterocycles. The van der Waals surface area contributed by atoms with Crippen LogP contribution in [0.15, 0.2) is 48.5 Å². The number of fused-ring (bicyclic) bond motifs is 2. The number of hydrogen-bond donors (Lipinski definition) is 0. The summed E-state index contributed by atoms with van der Waals surface area (Å²) in [6.07, 6.45) is 1.80. The molecule has 0 unspecified atom stereocenters. The molecule has 0 atom stereocenters. The summed E-state index contributed by atoms with van der Waals surface area (Å²) in [5.74, 6) is 0. The van der Waals surface area contributed by atoms with Gasteiger partial charge in [-0.1, -0.05) is 29.3 Å². The number of nitrogens with zero attached hydrogens (tertiary/aromatic N) is 2. The fraction of sp³-hybridized carbons (Fsp3) is 0.217. The highest BCUT2D eigenvalue weighted by Gasteiger charge is 2.25. The van der Waals surface area contributed by atoms with Gasteiger partial charge in [0.15, 0.2) is 0 Å². The van der Waals surface area contributed by atoms with Crippen molar-refractivity contribution in [1.29, 1.82) is 0 Å². The third kappa shape index (κ3) is 3.31. The maximum Gasteiger partial charge on any atom is 0.414 e. The lowest BCUT2D eigenvalue weighted by Gasteiger charge is -2.29. The van der Waals surface area contributed by atoms with Crippen LogP contribution in [0.5, 0.6) is 0 Å². The van der Waals surface area contributed by atoms with Gasteiger partial charge in [-0.25, -0.2) is 9.78 Å². The van der Waals surface area contributed by atoms with Crippen LogP contribution in [0.3, 0.4) is 0 Å². The second-order valence-electron chi connectivity index (χ2n) is 6.91. The molecule has 0 radical (unpaired) electrons. The molecule has 1 aliphatic heterocycles. The third-order valence-electron chi connectivity index (χ3n) is 4.79. The average molecular weight is 358 g/mol. The van der Waals surface area contributed by atoms with Crippen LogP contribution >= 0.6 is 0 Å². The molecule has 0 fully saturated rings. The summed E-state index contributed by atoms with van der Waals surface area (Å²) in [7, 11) is 0. The second-order valence-corrected chi connectivity index (χ2v) is 6.91. The fourth-order valence-electron chi connectivity index (χ4n) is 3.47. The SMILES string of the molecule is CCOC(=O)N1CC(c2ccc3cc(C)ccc3n2)=Cc2cc(C)ccc21. The first-order valence-electron chi connectivity index (χ1n) is 9.18. The summed E-state index contributed by atoms with van der Waals surface area (Å²) in [5, 5.41) is 1.12. The number of amides is 1. The molecule has 4 rings (SSSR count). The number of carbonyl (C=O) groups is 1. The second kappa shape index (κ2) is 6.88. The highest BCUT2D eigenvalue weighted by molar-refractivity contribution is 6.00. The van der Waals surface area contributed by atoms with Crippen LogP contribution in [-0.4, -0.2) is 24.2 Å². The van der Waals surface area contributed by atoms with Gasteiger partial charge in [-0.2, -0.15) is 0 Å². The molecule has 1 amide bonds. The van der Waals surface area contributed by atoms with Crippen molar-refractivity contribution in [3.8, 4) is 0 Å². The van der Waals surface area contributed by atoms with Crippen molar-refractivity contribution in [2.75, 3.05) is 18.1 Å². The predicted molar refractivity (Wildman–Crippen MR) is 110 cm³/mol. The van der Waals surface area contributed by atoms with E-state index in [2.05, 4.69) is 37.3 Å². The van der Waals surface area contributed by atoms with E-state index in [9.17, 15) is 4.79 Å². The van der Waals surface area contributed by atoms with E-state index in [1.54, 1.807) is 4.90 Å². The van der Waals surface area contributed by atoms with Crippen molar-refractivity contribution >= 4 is 34.3 Å². The highest BCUT2D eigenvalue weighted by Crippen LogP contribution is 2.34. The van der Waals surface area contributed by atoms with Gasteiger partial charge in [-0.15, -0.1) is 0 Å². The minimum Gasteiger partial charge on any atom is -0.449 e. The maximum atomic E-state index is 12.5. The number of carbonyl (C=O) groups excluding carboxylic acids is 1. The lowest BCUT2D eigenvalue weighted by Crippen LogP contribution is -2.35. The first-order valence-corrected chi connectivity index (χ1v) is 9.18. The summed E-state index contributed by atoms with van der Waals surface area (Å²) in [6.45, 7) is 6.74. The number of ether oxygens (including phenoxy) is 1. The Hall–Kier alpha value is -3.14. The average Bonchev–Trinajstić information content (AvgIpc) is 2.66. The van der Waals surface area contributed by atoms with Crippen molar-refractivity contribution < 1.29 is 9.53 Å². The van der Waals surface area contributed by atoms with E-state index in [-0.39, 0.29) is 6.09 Å². The summed E-state index contributed by atoms with van der Waals surface area (Å²) in [6, 6.07) is 16.4. The number of rotatable bonds is 2. The van der Waals surface area contributed by atoms with E-state index < -0.39 is 0 Å². The molecule has 4 heteroatoms. The van der Waals surface area contributed by atoms with Crippen LogP contribution in [0.4, 0.5) is 10.5 Å². The molecule has 2 heterocycles. The standard InChI is InChI=1S/C23H22N2O2/c1-4-27-23(26)25-14-19(13-18-12-16(3)6-10-22(18)25)21-9-7-17-11-15(2)5-8-20(17)24-21/h5-13H,4,14H2,1-3H3. The molecular weight excluding hydrogens is 336 g/mol. The maximum absolute atomic E-state index is 12.5. The quantitative estimate of drug-likeness (QED) is 0.618. The van der Waals surface area contributed by atoms with Crippen molar-refractivity contribution in [1.82, 2.24) is 4.98 Å². The Bertz CT molecular complexity index is 1070. The normalized spacial score (nSPS) is 13.3. The molecular formula is C23H22N2O2. The molecule has 0 aliphatic carbocycles. The van der Waals surface area contributed by atoms with Gasteiger partial charge in [-0.05, 0) is 68.3 Å². The van der Waals surface area contributed by atoms with Crippen LogP contribution < -0.4 is 4.90 Å². The number of pyridine rings is 1. The van der Waals surface area contributed by atoms with Crippen LogP contribution in [0.1, 0.15) is 29.3 Å². The number of benzene rings is 2. The first kappa shape index (κ1) is 17.3. The number of aromatic nitrogens is 1. The molecule has 3 aromatic rings. The van der Waals surface area contributed by atoms with E-state index in [1.165, 1.54) is 5.56 Å². The lowest BCUT2D eigenvalue weighted by molar-refractivity contribution is 0.160. The van der Waals surface area contributed by atoms with Crippen LogP contribution in [0.2, 0.25) is 0 Å². The molecule has 0 N–H and O–H groups in total. The van der Waals surface area contributed by atoms with E-state index in [4.69, 9.17) is 9.72 Å². The largest absolute Gasteiger partial charge is 0.449 e. The van der Waals surface area contributed by atoms with Crippen LogP contribution in [0.25, 0.3) is 22.6 Å². The van der Waals surface area contributed by atoms with E-state index in [1.807, 2.05) is 38.1 Å². The predicted octanol–water partition coefficient (Wildman–Crippen LogP) is 5.37. The molecule has 0 saturated carbocycles. The molecule has 136 valence electrons. The molecule has 0 spiro atoms. The Labute approximate surface area is 159 Å². The number of anilines is 1. The zero-order valence-electron chi connectivity index (χ0n) is 15.8. The van der Waals surface area contributed by atoms with E-state index in [0.717, 1.165) is 39.0 Å². The Morgan fingerprint density at radius 1 is 1.07 bits per heavy atom. The Morgan fingerprint density at radius 2 is 1.85 bits per heavy atom. The van der Waals surface area contributed by atoms with Gasteiger partial charge < -0.3 is 4.74 Å². The minimum atomic E-state index is -0.329. The van der Waals surface area contributed by atoms with E-state index in [0.29, 0.717) is 13.2 Å². The molecule has 0 bridgehead atoms. The summed E-state index contributed by atoms with van der Waals surface area (Å²) >= 11 is 0. The number of aryl methyl sites for hydroxylation is 2. The Kier molecular flexibility index (Phi) is 4.40. The van der Waals surface area contributed by atoms with Crippen molar-refractivity contribution in [2.45, 2.75) is 20.8 Å². The first-order chi connectivity index (χ1) is 13.0. The third-order valence-corrected chi connectivity index (χ3v) is 4.79. The molecule has 2 aromatic carbocycles. The van der Waals surface area contributed by atoms with Crippen LogP contribution in [-0.2, 0) is 4.74 Å². The van der Waals surface area contributed by atoms with Gasteiger partial charge in [0.05, 0.1) is 30.0 Å². The van der Waals surface area contributed by atoms with Gasteiger partial charge in [0.2, 0.25) is 0 Å². The van der Waals surface area contributed by atoms with Crippen molar-refractivity contribution in [3.05, 3.63) is 70.9 Å². The lowest BCUT2D eigenvalue weighted by atomic mass is 9.98. The van der Waals surface area contributed by atoms with Gasteiger partial charge in [-0.3, -0.25) is 4.90 Å². The molecule has 1 aliphatic rings. The van der Waals surface area contributed by atoms with Gasteiger partial charge >= 0.3 is 6.09 Å². The topological polar surface area (TPSA) is 42.4 Å². The summed E-state index contributed by atoms with van der Waals surface area (Å²) < 4.78 is 5.28. The minimum absolute atomic E-state index is 0.329. The number of hydrogen-bond acceptors (Lipinski definition) is 3. The zero-order valence-corrected chi connectivity index (χ0v) is 15.8. The highest BCUT2D eigenvalue weighted by atomic mass is 16.6. The van der Waals surface area contributed by atoms with E-state index >= 15 is 0 Å². The molecule has 27 heavy (non-hydrogen) atoms. The summed E-state index contributed by atoms with van der Waals surface area (Å²) in [4.78, 5) is 19.0. The molecule has 0 saturated heterocycles. The molecule has 4 nitrogen and oxygen atoms in total. The van der Waals surface area contributed by atoms with Gasteiger partial charge in [0, 0.05) is 5.39 Å². The summed E-state index contributed by atoms with van der Waals surface area (Å²) in [5.41, 5.74) is 7.09. The van der Waals surface area contributed by atoms with Gasteiger partial charge in [0.25, 0.3) is 0 Å².